The van der Waals surface area contributed by atoms with Crippen LogP contribution in [0.3, 0.4) is 0 Å². The quantitative estimate of drug-likeness (QED) is 0.0757. The number of nitrogens with one attached hydrogen (secondary N) is 4. The standard InChI is InChI=1S/C37H59N9O8.C2H6O/c1-2-3-12-27(37(53)54)44-34(50)28-15-11-22-45(28)36(52)29-14-7-10-21-46(29)35(51)26(13-6-8-19-38)43-32(48)24-42-31(47)16-5-4-9-20-40-33(49)25-17-18-30(39)41-23-25;1-2-3/h17-18,23,26-29H,2-16,19-22,24,38H2,1H3,(H2,39,41)(H,40,49)(H,42,47)(H,43,48)(H,44,50)(H,53,54);3H,2H2,1H3/t26-,27?,28-,29?;/m0./s1. The Morgan fingerprint density at radius 3 is 2.19 bits per heavy atom. The maximum absolute atomic E-state index is 14.0. The number of carboxylic acid groups (broad SMARTS) is 1. The molecule has 2 unspecified atom stereocenters. The number of piperidine rings is 1. The summed E-state index contributed by atoms with van der Waals surface area (Å²) in [5.74, 6) is -3.19. The SMILES string of the molecule is CCCCC(NC(=O)[C@@H]1CCCN1C(=O)C1CCCCN1C(=O)[C@H](CCCCN)NC(=O)CNC(=O)CCCCCNC(=O)c1ccc(N)nc1)C(=O)O.CCO. The van der Waals surface area contributed by atoms with E-state index in [-0.39, 0.29) is 43.7 Å². The molecule has 10 N–H and O–H groups in total. The number of aliphatic hydroxyl groups is 1. The highest BCUT2D eigenvalue weighted by molar-refractivity contribution is 5.96. The van der Waals surface area contributed by atoms with E-state index in [2.05, 4.69) is 26.3 Å². The van der Waals surface area contributed by atoms with Gasteiger partial charge in [0, 0.05) is 38.9 Å². The third kappa shape index (κ3) is 17.0. The number of carbonyl (C=O) groups is 7. The largest absolute Gasteiger partial charge is 0.480 e. The van der Waals surface area contributed by atoms with Crippen LogP contribution in [0.1, 0.15) is 121 Å². The van der Waals surface area contributed by atoms with Gasteiger partial charge in [-0.2, -0.15) is 0 Å². The van der Waals surface area contributed by atoms with Crippen molar-refractivity contribution in [1.82, 2.24) is 36.1 Å². The lowest BCUT2D eigenvalue weighted by molar-refractivity contribution is -0.152. The minimum Gasteiger partial charge on any atom is -0.480 e. The highest BCUT2D eigenvalue weighted by atomic mass is 16.4. The first kappa shape index (κ1) is 48.3. The average molecular weight is 804 g/mol. The van der Waals surface area contributed by atoms with Gasteiger partial charge >= 0.3 is 5.97 Å². The number of anilines is 1. The fourth-order valence-corrected chi connectivity index (χ4v) is 6.77. The molecule has 0 saturated carbocycles. The van der Waals surface area contributed by atoms with Gasteiger partial charge < -0.3 is 52.7 Å². The number of aliphatic carboxylic acids is 1. The second kappa shape index (κ2) is 26.9. The van der Waals surface area contributed by atoms with Gasteiger partial charge in [-0.3, -0.25) is 28.8 Å². The van der Waals surface area contributed by atoms with Crippen LogP contribution in [-0.4, -0.2) is 130 Å². The zero-order chi connectivity index (χ0) is 42.2. The number of carbonyl (C=O) groups excluding carboxylic acids is 6. The molecule has 320 valence electrons. The molecule has 3 rings (SSSR count). The highest BCUT2D eigenvalue weighted by Gasteiger charge is 2.43. The van der Waals surface area contributed by atoms with E-state index in [1.54, 1.807) is 19.1 Å². The minimum atomic E-state index is -1.12. The van der Waals surface area contributed by atoms with Gasteiger partial charge in [0.25, 0.3) is 5.91 Å². The van der Waals surface area contributed by atoms with Crippen molar-refractivity contribution < 1.29 is 43.8 Å². The zero-order valence-corrected chi connectivity index (χ0v) is 33.6. The lowest BCUT2D eigenvalue weighted by Gasteiger charge is -2.39. The Morgan fingerprint density at radius 1 is 0.825 bits per heavy atom. The van der Waals surface area contributed by atoms with E-state index >= 15 is 0 Å². The van der Waals surface area contributed by atoms with Crippen molar-refractivity contribution in [2.75, 3.05) is 45.1 Å². The third-order valence-electron chi connectivity index (χ3n) is 9.81. The number of amides is 6. The van der Waals surface area contributed by atoms with E-state index in [1.165, 1.54) is 16.0 Å². The number of carboxylic acids is 1. The molecule has 2 saturated heterocycles. The maximum atomic E-state index is 14.0. The van der Waals surface area contributed by atoms with Gasteiger partial charge in [0.05, 0.1) is 12.1 Å². The Labute approximate surface area is 335 Å². The first-order valence-corrected chi connectivity index (χ1v) is 20.4. The van der Waals surface area contributed by atoms with Crippen LogP contribution in [-0.2, 0) is 28.8 Å². The van der Waals surface area contributed by atoms with E-state index in [0.29, 0.717) is 115 Å². The number of hydrogen-bond acceptors (Lipinski definition) is 11. The summed E-state index contributed by atoms with van der Waals surface area (Å²) in [6.45, 7) is 4.99. The van der Waals surface area contributed by atoms with Crippen LogP contribution in [0.4, 0.5) is 5.82 Å². The van der Waals surface area contributed by atoms with Gasteiger partial charge in [0.2, 0.25) is 29.5 Å². The topological polar surface area (TPSA) is 279 Å². The Kier molecular flexibility index (Phi) is 22.8. The first-order valence-electron chi connectivity index (χ1n) is 20.4. The minimum absolute atomic E-state index is 0.185. The first-order chi connectivity index (χ1) is 27.4. The van der Waals surface area contributed by atoms with Gasteiger partial charge in [-0.25, -0.2) is 9.78 Å². The van der Waals surface area contributed by atoms with Gasteiger partial charge in [-0.1, -0.05) is 26.2 Å². The number of hydrogen-bond donors (Lipinski definition) is 8. The van der Waals surface area contributed by atoms with Crippen molar-refractivity contribution >= 4 is 47.2 Å². The van der Waals surface area contributed by atoms with Crippen molar-refractivity contribution in [1.29, 1.82) is 0 Å². The zero-order valence-electron chi connectivity index (χ0n) is 33.6. The van der Waals surface area contributed by atoms with Crippen molar-refractivity contribution in [2.24, 2.45) is 5.73 Å². The summed E-state index contributed by atoms with van der Waals surface area (Å²) in [7, 11) is 0. The van der Waals surface area contributed by atoms with E-state index in [0.717, 1.165) is 6.42 Å². The summed E-state index contributed by atoms with van der Waals surface area (Å²) in [5.41, 5.74) is 11.6. The van der Waals surface area contributed by atoms with Gasteiger partial charge in [-0.15, -0.1) is 0 Å². The molecule has 0 radical (unpaired) electrons. The predicted molar refractivity (Wildman–Crippen MR) is 213 cm³/mol. The Morgan fingerprint density at radius 2 is 1.53 bits per heavy atom. The normalized spacial score (nSPS) is 17.3. The molecule has 0 spiro atoms. The van der Waals surface area contributed by atoms with Crippen LogP contribution in [0.25, 0.3) is 0 Å². The molecule has 18 heteroatoms. The predicted octanol–water partition coefficient (Wildman–Crippen LogP) is 0.814. The lowest BCUT2D eigenvalue weighted by Crippen LogP contribution is -2.60. The number of aromatic nitrogens is 1. The number of nitrogens with zero attached hydrogens (tertiary/aromatic N) is 3. The van der Waals surface area contributed by atoms with Crippen molar-refractivity contribution in [3.8, 4) is 0 Å². The van der Waals surface area contributed by atoms with E-state index in [9.17, 15) is 38.7 Å². The number of nitrogen functional groups attached to an aromatic ring is 1. The summed E-state index contributed by atoms with van der Waals surface area (Å²) in [5, 5.41) is 28.0. The van der Waals surface area contributed by atoms with Gasteiger partial charge in [0.15, 0.2) is 0 Å². The van der Waals surface area contributed by atoms with Crippen LogP contribution in [0.15, 0.2) is 18.3 Å². The molecule has 1 aromatic rings. The van der Waals surface area contributed by atoms with Crippen LogP contribution >= 0.6 is 0 Å². The molecule has 1 aromatic heterocycles. The molecule has 2 fully saturated rings. The lowest BCUT2D eigenvalue weighted by atomic mass is 9.98. The maximum Gasteiger partial charge on any atom is 0.326 e. The van der Waals surface area contributed by atoms with E-state index < -0.39 is 47.9 Å². The van der Waals surface area contributed by atoms with E-state index in [4.69, 9.17) is 16.6 Å². The number of nitrogens with two attached hydrogens (primary N) is 2. The number of rotatable bonds is 22. The molecule has 2 aliphatic rings. The second-order valence-electron chi connectivity index (χ2n) is 14.3. The van der Waals surface area contributed by atoms with Crippen molar-refractivity contribution in [3.05, 3.63) is 23.9 Å². The van der Waals surface area contributed by atoms with Crippen LogP contribution < -0.4 is 32.7 Å². The van der Waals surface area contributed by atoms with Crippen LogP contribution in [0.5, 0.6) is 0 Å². The monoisotopic (exact) mass is 803 g/mol. The Hall–Kier alpha value is -4.84. The summed E-state index contributed by atoms with van der Waals surface area (Å²) in [6.07, 6.45) is 9.38. The summed E-state index contributed by atoms with van der Waals surface area (Å²) in [4.78, 5) is 97.6. The smallest absolute Gasteiger partial charge is 0.326 e. The molecule has 3 heterocycles. The van der Waals surface area contributed by atoms with Gasteiger partial charge in [0.1, 0.15) is 30.0 Å². The van der Waals surface area contributed by atoms with Gasteiger partial charge in [-0.05, 0) is 96.2 Å². The van der Waals surface area contributed by atoms with Crippen molar-refractivity contribution in [3.63, 3.8) is 0 Å². The molecule has 2 aliphatic heterocycles. The molecule has 4 atom stereocenters. The number of likely N-dealkylation sites (tertiary alicyclic amines) is 2. The molecule has 18 nitrogen and oxygen atoms in total. The number of unbranched alkanes of at least 4 members (excludes halogenated alkanes) is 4. The fraction of sp³-hybridized carbons (Fsp3) is 0.692. The fourth-order valence-electron chi connectivity index (χ4n) is 6.77. The molecule has 57 heavy (non-hydrogen) atoms. The molecule has 0 bridgehead atoms. The highest BCUT2D eigenvalue weighted by Crippen LogP contribution is 2.26. The Balaban J connectivity index is 0.00000362. The summed E-state index contributed by atoms with van der Waals surface area (Å²) in [6, 6.07) is -0.509. The summed E-state index contributed by atoms with van der Waals surface area (Å²) < 4.78 is 0. The van der Waals surface area contributed by atoms with Crippen LogP contribution in [0, 0.1) is 0 Å². The molecule has 6 amide bonds. The molecule has 0 aromatic carbocycles. The van der Waals surface area contributed by atoms with E-state index in [1.807, 2.05) is 6.92 Å². The third-order valence-corrected chi connectivity index (χ3v) is 9.81. The van der Waals surface area contributed by atoms with Crippen molar-refractivity contribution in [2.45, 2.75) is 134 Å². The molecule has 0 aliphatic carbocycles. The second-order valence-corrected chi connectivity index (χ2v) is 14.3. The average Bonchev–Trinajstić information content (AvgIpc) is 3.70. The molecular formula is C39H65N9O9. The molecular weight excluding hydrogens is 738 g/mol. The summed E-state index contributed by atoms with van der Waals surface area (Å²) >= 11 is 0. The van der Waals surface area contributed by atoms with Crippen LogP contribution in [0.2, 0.25) is 0 Å². The number of pyridine rings is 1. The Bertz CT molecular complexity index is 1450. The number of aliphatic hydroxyl groups excluding tert-OH is 1.